The maximum Gasteiger partial charge on any atom is 0.282 e. The molecule has 2 aromatic carbocycles. The number of halogens is 1. The average Bonchev–Trinajstić information content (AvgIpc) is 2.87. The van der Waals surface area contributed by atoms with Gasteiger partial charge in [0.15, 0.2) is 0 Å². The second-order valence-corrected chi connectivity index (χ2v) is 6.09. The molecule has 0 radical (unpaired) electrons. The molecule has 0 saturated carbocycles. The van der Waals surface area contributed by atoms with Gasteiger partial charge < -0.3 is 10.0 Å². The lowest BCUT2D eigenvalue weighted by atomic mass is 10.0. The second-order valence-electron chi connectivity index (χ2n) is 5.66. The van der Waals surface area contributed by atoms with E-state index in [1.54, 1.807) is 48.3 Å². The van der Waals surface area contributed by atoms with Crippen molar-refractivity contribution in [2.45, 2.75) is 0 Å². The number of benzene rings is 2. The molecule has 1 N–H and O–H groups in total. The maximum atomic E-state index is 13.0. The fourth-order valence-corrected chi connectivity index (χ4v) is 2.95. The predicted octanol–water partition coefficient (Wildman–Crippen LogP) is 2.55. The predicted molar refractivity (Wildman–Crippen MR) is 97.0 cm³/mol. The first-order valence-corrected chi connectivity index (χ1v) is 8.18. The van der Waals surface area contributed by atoms with Crippen LogP contribution >= 0.6 is 11.6 Å². The zero-order valence-corrected chi connectivity index (χ0v) is 14.4. The normalized spacial score (nSPS) is 14.4. The molecule has 6 heteroatoms. The quantitative estimate of drug-likeness (QED) is 0.836. The highest BCUT2D eigenvalue weighted by Crippen LogP contribution is 2.34. The lowest BCUT2D eigenvalue weighted by molar-refractivity contribution is -0.120. The molecular formula is C19H17ClN2O3. The van der Waals surface area contributed by atoms with Gasteiger partial charge in [-0.2, -0.15) is 0 Å². The van der Waals surface area contributed by atoms with Crippen LogP contribution in [0.3, 0.4) is 0 Å². The zero-order valence-electron chi connectivity index (χ0n) is 13.6. The fraction of sp³-hybridized carbons (Fsp3) is 0.158. The van der Waals surface area contributed by atoms with E-state index in [4.69, 9.17) is 11.6 Å². The van der Waals surface area contributed by atoms with Crippen LogP contribution < -0.4 is 4.90 Å². The van der Waals surface area contributed by atoms with Gasteiger partial charge in [-0.3, -0.25) is 9.59 Å². The molecule has 0 unspecified atom stereocenters. The number of carbonyl (C=O) groups excluding carboxylic acids is 2. The Morgan fingerprint density at radius 2 is 1.64 bits per heavy atom. The van der Waals surface area contributed by atoms with Crippen molar-refractivity contribution in [3.05, 3.63) is 70.9 Å². The molecule has 0 aliphatic carbocycles. The summed E-state index contributed by atoms with van der Waals surface area (Å²) in [6, 6.07) is 15.6. The number of hydrogen-bond donors (Lipinski definition) is 1. The molecule has 1 aliphatic heterocycles. The van der Waals surface area contributed by atoms with Gasteiger partial charge in [0.2, 0.25) is 0 Å². The molecule has 0 fully saturated rings. The number of likely N-dealkylation sites (N-methyl/N-ethyl adjacent to an activating group) is 1. The Labute approximate surface area is 150 Å². The number of nitrogens with zero attached hydrogens (tertiary/aromatic N) is 2. The van der Waals surface area contributed by atoms with Crippen LogP contribution in [0.15, 0.2) is 60.3 Å². The summed E-state index contributed by atoms with van der Waals surface area (Å²) in [7, 11) is 1.69. The number of aliphatic hydroxyl groups excluding tert-OH is 1. The summed E-state index contributed by atoms with van der Waals surface area (Å²) in [6.07, 6.45) is 0. The van der Waals surface area contributed by atoms with Gasteiger partial charge in [0, 0.05) is 18.6 Å². The van der Waals surface area contributed by atoms with Crippen molar-refractivity contribution in [1.82, 2.24) is 4.90 Å². The fourth-order valence-electron chi connectivity index (χ4n) is 2.82. The first kappa shape index (κ1) is 17.2. The van der Waals surface area contributed by atoms with Gasteiger partial charge >= 0.3 is 0 Å². The van der Waals surface area contributed by atoms with Crippen molar-refractivity contribution in [2.24, 2.45) is 0 Å². The van der Waals surface area contributed by atoms with Crippen LogP contribution in [0.4, 0.5) is 5.69 Å². The van der Waals surface area contributed by atoms with Crippen LogP contribution in [0, 0.1) is 0 Å². The molecule has 0 spiro atoms. The van der Waals surface area contributed by atoms with Crippen molar-refractivity contribution in [1.29, 1.82) is 0 Å². The summed E-state index contributed by atoms with van der Waals surface area (Å²) >= 11 is 5.90. The molecule has 0 saturated heterocycles. The standard InChI is InChI=1S/C19H17ClN2O3/c1-21(11-12-23)17-16(13-5-3-2-4-6-13)18(24)22(19(17)25)15-9-7-14(20)8-10-15/h2-10,23H,11-12H2,1H3. The van der Waals surface area contributed by atoms with E-state index in [1.807, 2.05) is 18.2 Å². The SMILES string of the molecule is CN(CCO)C1=C(c2ccccc2)C(=O)N(c2ccc(Cl)cc2)C1=O. The van der Waals surface area contributed by atoms with Crippen LogP contribution in [-0.2, 0) is 9.59 Å². The number of anilines is 1. The third kappa shape index (κ3) is 3.16. The second kappa shape index (κ2) is 7.09. The van der Waals surface area contributed by atoms with Gasteiger partial charge in [-0.05, 0) is 29.8 Å². The van der Waals surface area contributed by atoms with Crippen LogP contribution in [-0.4, -0.2) is 42.0 Å². The van der Waals surface area contributed by atoms with Gasteiger partial charge in [-0.1, -0.05) is 41.9 Å². The van der Waals surface area contributed by atoms with E-state index in [-0.39, 0.29) is 18.8 Å². The van der Waals surface area contributed by atoms with E-state index >= 15 is 0 Å². The Bertz CT molecular complexity index is 832. The molecule has 2 aromatic rings. The van der Waals surface area contributed by atoms with E-state index in [2.05, 4.69) is 0 Å². The van der Waals surface area contributed by atoms with E-state index in [1.165, 1.54) is 0 Å². The maximum absolute atomic E-state index is 13.0. The lowest BCUT2D eigenvalue weighted by Crippen LogP contribution is -2.34. The van der Waals surface area contributed by atoms with E-state index in [0.29, 0.717) is 21.8 Å². The van der Waals surface area contributed by atoms with E-state index in [9.17, 15) is 14.7 Å². The average molecular weight is 357 g/mol. The highest BCUT2D eigenvalue weighted by Gasteiger charge is 2.41. The monoisotopic (exact) mass is 356 g/mol. The topological polar surface area (TPSA) is 60.9 Å². The van der Waals surface area contributed by atoms with Crippen molar-refractivity contribution in [2.75, 3.05) is 25.1 Å². The van der Waals surface area contributed by atoms with Gasteiger partial charge in [-0.25, -0.2) is 4.90 Å². The Hall–Kier alpha value is -2.63. The summed E-state index contributed by atoms with van der Waals surface area (Å²) in [4.78, 5) is 28.8. The summed E-state index contributed by atoms with van der Waals surface area (Å²) < 4.78 is 0. The van der Waals surface area contributed by atoms with Crippen LogP contribution in [0.5, 0.6) is 0 Å². The third-order valence-electron chi connectivity index (χ3n) is 4.02. The number of rotatable bonds is 5. The molecule has 2 amide bonds. The van der Waals surface area contributed by atoms with Crippen LogP contribution in [0.25, 0.3) is 5.57 Å². The molecule has 0 atom stereocenters. The summed E-state index contributed by atoms with van der Waals surface area (Å²) in [5, 5.41) is 9.76. The zero-order chi connectivity index (χ0) is 18.0. The molecule has 0 aromatic heterocycles. The number of amides is 2. The van der Waals surface area contributed by atoms with Gasteiger partial charge in [-0.15, -0.1) is 0 Å². The summed E-state index contributed by atoms with van der Waals surface area (Å²) in [5.41, 5.74) is 1.73. The Morgan fingerprint density at radius 3 is 2.24 bits per heavy atom. The lowest BCUT2D eigenvalue weighted by Gasteiger charge is -2.20. The Morgan fingerprint density at radius 1 is 1.00 bits per heavy atom. The highest BCUT2D eigenvalue weighted by molar-refractivity contribution is 6.45. The Kier molecular flexibility index (Phi) is 4.88. The minimum atomic E-state index is -0.415. The molecule has 0 bridgehead atoms. The summed E-state index contributed by atoms with van der Waals surface area (Å²) in [6.45, 7) is 0.129. The minimum Gasteiger partial charge on any atom is -0.395 e. The number of hydrogen-bond acceptors (Lipinski definition) is 4. The van der Waals surface area contributed by atoms with Gasteiger partial charge in [0.05, 0.1) is 17.9 Å². The van der Waals surface area contributed by atoms with Crippen molar-refractivity contribution in [3.8, 4) is 0 Å². The first-order valence-electron chi connectivity index (χ1n) is 7.80. The summed E-state index contributed by atoms with van der Waals surface area (Å²) in [5.74, 6) is -0.805. The first-order chi connectivity index (χ1) is 12.0. The number of imide groups is 1. The molecule has 3 rings (SSSR count). The molecular weight excluding hydrogens is 340 g/mol. The number of aliphatic hydroxyl groups is 1. The Balaban J connectivity index is 2.11. The van der Waals surface area contributed by atoms with Crippen LogP contribution in [0.2, 0.25) is 5.02 Å². The molecule has 5 nitrogen and oxygen atoms in total. The van der Waals surface area contributed by atoms with Crippen molar-refractivity contribution < 1.29 is 14.7 Å². The molecule has 128 valence electrons. The molecule has 1 heterocycles. The van der Waals surface area contributed by atoms with Gasteiger partial charge in [0.1, 0.15) is 5.70 Å². The van der Waals surface area contributed by atoms with E-state index in [0.717, 1.165) is 4.90 Å². The smallest absolute Gasteiger partial charge is 0.282 e. The number of carbonyl (C=O) groups is 2. The van der Waals surface area contributed by atoms with Crippen LogP contribution in [0.1, 0.15) is 5.56 Å². The third-order valence-corrected chi connectivity index (χ3v) is 4.28. The minimum absolute atomic E-state index is 0.121. The van der Waals surface area contributed by atoms with Gasteiger partial charge in [0.25, 0.3) is 11.8 Å². The molecule has 1 aliphatic rings. The van der Waals surface area contributed by atoms with Crippen molar-refractivity contribution in [3.63, 3.8) is 0 Å². The highest BCUT2D eigenvalue weighted by atomic mass is 35.5. The largest absolute Gasteiger partial charge is 0.395 e. The van der Waals surface area contributed by atoms with Crippen molar-refractivity contribution >= 4 is 34.7 Å². The molecule has 25 heavy (non-hydrogen) atoms. The van der Waals surface area contributed by atoms with E-state index < -0.39 is 11.8 Å².